The van der Waals surface area contributed by atoms with Crippen LogP contribution in [0.1, 0.15) is 0 Å². The van der Waals surface area contributed by atoms with Gasteiger partial charge in [-0.25, -0.2) is 4.79 Å². The summed E-state index contributed by atoms with van der Waals surface area (Å²) >= 11 is 2.10. The van der Waals surface area contributed by atoms with E-state index < -0.39 is 5.76 Å². The molecule has 0 radical (unpaired) electrons. The molecule has 0 fully saturated rings. The van der Waals surface area contributed by atoms with Gasteiger partial charge in [-0.2, -0.15) is 0 Å². The Balaban J connectivity index is 2.61. The van der Waals surface area contributed by atoms with Crippen molar-refractivity contribution in [2.45, 2.75) is 0 Å². The lowest BCUT2D eigenvalue weighted by Crippen LogP contribution is -2.01. The van der Waals surface area contributed by atoms with Crippen LogP contribution in [-0.2, 0) is 0 Å². The Morgan fingerprint density at radius 2 is 1.72 bits per heavy atom. The minimum absolute atomic E-state index is 0.435. The fourth-order valence-corrected chi connectivity index (χ4v) is 2.26. The standard InChI is InChI=1S/C13H8INO3/c14-8-4-3-7-11-12(8)18-13(16)15-9-5-1-2-6-10(9)17-11/h1-7H,(H,15,16). The van der Waals surface area contributed by atoms with Crippen molar-refractivity contribution in [2.24, 2.45) is 0 Å². The predicted octanol–water partition coefficient (Wildman–Crippen LogP) is 3.60. The first-order valence-electron chi connectivity index (χ1n) is 5.28. The number of rotatable bonds is 0. The maximum absolute atomic E-state index is 11.7. The molecule has 1 heterocycles. The second-order valence-corrected chi connectivity index (χ2v) is 4.84. The van der Waals surface area contributed by atoms with Crippen LogP contribution in [-0.4, -0.2) is 4.98 Å². The summed E-state index contributed by atoms with van der Waals surface area (Å²) in [6.07, 6.45) is 0. The van der Waals surface area contributed by atoms with Gasteiger partial charge < -0.3 is 8.83 Å². The van der Waals surface area contributed by atoms with E-state index in [0.29, 0.717) is 22.3 Å². The highest BCUT2D eigenvalue weighted by molar-refractivity contribution is 14.1. The third kappa shape index (κ3) is 2.01. The molecular formula is C13H8INO3. The molecule has 3 aromatic rings. The average Bonchev–Trinajstić information content (AvgIpc) is 2.33. The van der Waals surface area contributed by atoms with Crippen LogP contribution in [0.4, 0.5) is 0 Å². The first-order chi connectivity index (χ1) is 8.74. The summed E-state index contributed by atoms with van der Waals surface area (Å²) < 4.78 is 11.8. The van der Waals surface area contributed by atoms with Crippen LogP contribution in [0.2, 0.25) is 0 Å². The van der Waals surface area contributed by atoms with E-state index in [2.05, 4.69) is 27.6 Å². The molecule has 0 spiro atoms. The lowest BCUT2D eigenvalue weighted by atomic mass is 10.3. The van der Waals surface area contributed by atoms with Crippen molar-refractivity contribution in [1.82, 2.24) is 4.98 Å². The van der Waals surface area contributed by atoms with Gasteiger partial charge in [0.15, 0.2) is 16.7 Å². The van der Waals surface area contributed by atoms with Crippen molar-refractivity contribution < 1.29 is 8.83 Å². The van der Waals surface area contributed by atoms with Gasteiger partial charge in [0, 0.05) is 0 Å². The zero-order chi connectivity index (χ0) is 12.5. The summed E-state index contributed by atoms with van der Waals surface area (Å²) in [5, 5.41) is 0. The SMILES string of the molecule is O=c1[nH]c2ccccc2oc2cccc(I)c2o1. The van der Waals surface area contributed by atoms with E-state index in [1.54, 1.807) is 18.2 Å². The molecule has 1 N–H and O–H groups in total. The summed E-state index contributed by atoms with van der Waals surface area (Å²) in [6.45, 7) is 0. The van der Waals surface area contributed by atoms with Crippen LogP contribution in [0.15, 0.2) is 56.1 Å². The highest BCUT2D eigenvalue weighted by Crippen LogP contribution is 2.20. The number of hydrogen-bond acceptors (Lipinski definition) is 3. The largest absolute Gasteiger partial charge is 0.451 e. The number of aromatic nitrogens is 1. The number of halogens is 1. The summed E-state index contributed by atoms with van der Waals surface area (Å²) in [5.74, 6) is -0.517. The van der Waals surface area contributed by atoms with E-state index >= 15 is 0 Å². The lowest BCUT2D eigenvalue weighted by Gasteiger charge is -1.98. The van der Waals surface area contributed by atoms with E-state index in [9.17, 15) is 4.79 Å². The Bertz CT molecular complexity index is 827. The van der Waals surface area contributed by atoms with Gasteiger partial charge in [0.1, 0.15) is 0 Å². The van der Waals surface area contributed by atoms with Gasteiger partial charge >= 0.3 is 5.76 Å². The minimum atomic E-state index is -0.517. The summed E-state index contributed by atoms with van der Waals surface area (Å²) in [7, 11) is 0. The first-order valence-corrected chi connectivity index (χ1v) is 6.36. The molecule has 0 saturated heterocycles. The Hall–Kier alpha value is -1.76. The normalized spacial score (nSPS) is 10.7. The summed E-state index contributed by atoms with van der Waals surface area (Å²) in [5.41, 5.74) is 2.15. The molecule has 0 unspecified atom stereocenters. The maximum Gasteiger partial charge on any atom is 0.417 e. The highest BCUT2D eigenvalue weighted by atomic mass is 127. The molecule has 2 aromatic carbocycles. The van der Waals surface area contributed by atoms with Crippen molar-refractivity contribution in [3.8, 4) is 0 Å². The van der Waals surface area contributed by atoms with Crippen LogP contribution in [0.5, 0.6) is 0 Å². The van der Waals surface area contributed by atoms with Crippen LogP contribution < -0.4 is 5.76 Å². The Morgan fingerprint density at radius 3 is 2.61 bits per heavy atom. The monoisotopic (exact) mass is 353 g/mol. The molecule has 0 bridgehead atoms. The molecule has 0 aliphatic heterocycles. The van der Waals surface area contributed by atoms with Crippen molar-refractivity contribution in [1.29, 1.82) is 0 Å². The van der Waals surface area contributed by atoms with Crippen LogP contribution in [0.25, 0.3) is 22.3 Å². The van der Waals surface area contributed by atoms with Crippen molar-refractivity contribution >= 4 is 44.9 Å². The minimum Gasteiger partial charge on any atom is -0.451 e. The van der Waals surface area contributed by atoms with Crippen molar-refractivity contribution in [3.63, 3.8) is 0 Å². The van der Waals surface area contributed by atoms with Gasteiger partial charge in [-0.3, -0.25) is 4.98 Å². The van der Waals surface area contributed by atoms with E-state index in [1.165, 1.54) is 0 Å². The number of nitrogens with one attached hydrogen (secondary N) is 1. The van der Waals surface area contributed by atoms with E-state index in [0.717, 1.165) is 3.57 Å². The molecule has 3 rings (SSSR count). The number of H-pyrrole nitrogens is 1. The van der Waals surface area contributed by atoms with Gasteiger partial charge in [-0.1, -0.05) is 18.2 Å². The second-order valence-electron chi connectivity index (χ2n) is 3.68. The van der Waals surface area contributed by atoms with Crippen LogP contribution in [0.3, 0.4) is 0 Å². The fourth-order valence-electron chi connectivity index (χ4n) is 1.67. The molecule has 4 nitrogen and oxygen atoms in total. The topological polar surface area (TPSA) is 59.1 Å². The Kier molecular flexibility index (Phi) is 2.83. The first kappa shape index (κ1) is 11.3. The zero-order valence-electron chi connectivity index (χ0n) is 9.14. The molecule has 1 aromatic heterocycles. The second kappa shape index (κ2) is 4.49. The molecule has 0 aliphatic rings. The fraction of sp³-hybridized carbons (Fsp3) is 0. The average molecular weight is 353 g/mol. The van der Waals surface area contributed by atoms with Gasteiger partial charge in [0.25, 0.3) is 0 Å². The molecule has 5 heteroatoms. The number of fused-ring (bicyclic) bond motifs is 2. The predicted molar refractivity (Wildman–Crippen MR) is 77.0 cm³/mol. The van der Waals surface area contributed by atoms with Gasteiger partial charge in [0.05, 0.1) is 9.09 Å². The number of para-hydroxylation sites is 3. The third-order valence-corrected chi connectivity index (χ3v) is 3.32. The molecule has 0 atom stereocenters. The number of aromatic amines is 1. The van der Waals surface area contributed by atoms with Gasteiger partial charge in [-0.05, 0) is 46.9 Å². The van der Waals surface area contributed by atoms with Crippen LogP contribution in [0, 0.1) is 3.57 Å². The van der Waals surface area contributed by atoms with Gasteiger partial charge in [-0.15, -0.1) is 0 Å². The van der Waals surface area contributed by atoms with Crippen molar-refractivity contribution in [2.75, 3.05) is 0 Å². The zero-order valence-corrected chi connectivity index (χ0v) is 11.3. The van der Waals surface area contributed by atoms with Crippen molar-refractivity contribution in [3.05, 3.63) is 56.6 Å². The molecular weight excluding hydrogens is 345 g/mol. The van der Waals surface area contributed by atoms with E-state index in [-0.39, 0.29) is 0 Å². The smallest absolute Gasteiger partial charge is 0.417 e. The lowest BCUT2D eigenvalue weighted by molar-refractivity contribution is 0.523. The number of hydrogen-bond donors (Lipinski definition) is 1. The maximum atomic E-state index is 11.7. The molecule has 18 heavy (non-hydrogen) atoms. The Morgan fingerprint density at radius 1 is 0.944 bits per heavy atom. The quantitative estimate of drug-likeness (QED) is 0.629. The van der Waals surface area contributed by atoms with Crippen LogP contribution >= 0.6 is 22.6 Å². The van der Waals surface area contributed by atoms with E-state index in [1.807, 2.05) is 24.3 Å². The Labute approximate surface area is 115 Å². The molecule has 90 valence electrons. The van der Waals surface area contributed by atoms with E-state index in [4.69, 9.17) is 8.83 Å². The summed E-state index contributed by atoms with van der Waals surface area (Å²) in [4.78, 5) is 14.4. The number of benzene rings is 2. The molecule has 0 aliphatic carbocycles. The summed E-state index contributed by atoms with van der Waals surface area (Å²) in [6, 6.07) is 12.7. The molecule has 0 amide bonds. The third-order valence-electron chi connectivity index (χ3n) is 2.47. The van der Waals surface area contributed by atoms with Gasteiger partial charge in [0.2, 0.25) is 0 Å². The molecule has 0 saturated carbocycles. The highest BCUT2D eigenvalue weighted by Gasteiger charge is 2.02.